The van der Waals surface area contributed by atoms with Gasteiger partial charge in [-0.15, -0.1) is 0 Å². The van der Waals surface area contributed by atoms with Gasteiger partial charge in [-0.2, -0.15) is 0 Å². The number of unbranched alkanes of at least 4 members (excludes halogenated alkanes) is 2. The SMILES string of the molecule is CCCCC.COc1ccc(-c2nc(-c3ccc(C(=O)OCC(CCC(C)CCCC(C)C)C(C)CCCC(C)C)cc3)nc(-c3ccccc3O)n2)c(O)c1. The zero-order valence-corrected chi connectivity index (χ0v) is 35.7. The van der Waals surface area contributed by atoms with E-state index in [0.717, 1.165) is 25.2 Å². The Labute approximate surface area is 337 Å². The molecule has 0 bridgehead atoms. The Morgan fingerprint density at radius 3 is 1.79 bits per heavy atom. The molecule has 3 atom stereocenters. The lowest BCUT2D eigenvalue weighted by atomic mass is 9.83. The maximum Gasteiger partial charge on any atom is 0.338 e. The molecule has 3 aromatic carbocycles. The lowest BCUT2D eigenvalue weighted by molar-refractivity contribution is 0.0375. The average Bonchev–Trinajstić information content (AvgIpc) is 3.18. The number of hydrogen-bond acceptors (Lipinski definition) is 8. The van der Waals surface area contributed by atoms with E-state index in [4.69, 9.17) is 9.47 Å². The maximum absolute atomic E-state index is 13.3. The van der Waals surface area contributed by atoms with Crippen LogP contribution in [0.3, 0.4) is 0 Å². The number of phenols is 2. The number of carbonyl (C=O) groups excluding carboxylic acids is 1. The molecule has 0 radical (unpaired) electrons. The molecule has 1 heterocycles. The minimum Gasteiger partial charge on any atom is -0.507 e. The molecule has 1 aromatic heterocycles. The number of benzene rings is 3. The van der Waals surface area contributed by atoms with Crippen molar-refractivity contribution in [2.45, 2.75) is 126 Å². The van der Waals surface area contributed by atoms with Crippen LogP contribution in [0.15, 0.2) is 66.7 Å². The second-order valence-corrected chi connectivity index (χ2v) is 16.3. The molecule has 0 aliphatic rings. The summed E-state index contributed by atoms with van der Waals surface area (Å²) in [4.78, 5) is 27.3. The fourth-order valence-corrected chi connectivity index (χ4v) is 6.74. The first kappa shape index (κ1) is 45.9. The first-order chi connectivity index (χ1) is 26.9. The summed E-state index contributed by atoms with van der Waals surface area (Å²) in [5.74, 6) is 3.79. The Kier molecular flexibility index (Phi) is 19.9. The van der Waals surface area contributed by atoms with Crippen LogP contribution in [0.1, 0.15) is 136 Å². The topological polar surface area (TPSA) is 115 Å². The highest BCUT2D eigenvalue weighted by Crippen LogP contribution is 2.34. The Morgan fingerprint density at radius 1 is 0.643 bits per heavy atom. The molecular formula is C48H69N3O5. The van der Waals surface area contributed by atoms with E-state index < -0.39 is 0 Å². The van der Waals surface area contributed by atoms with Crippen LogP contribution in [0.25, 0.3) is 34.2 Å². The lowest BCUT2D eigenvalue weighted by Gasteiger charge is -2.25. The van der Waals surface area contributed by atoms with Gasteiger partial charge < -0.3 is 19.7 Å². The van der Waals surface area contributed by atoms with E-state index >= 15 is 0 Å². The van der Waals surface area contributed by atoms with Crippen LogP contribution in [0.4, 0.5) is 0 Å². The van der Waals surface area contributed by atoms with Gasteiger partial charge in [0.25, 0.3) is 0 Å². The van der Waals surface area contributed by atoms with E-state index in [1.165, 1.54) is 64.5 Å². The van der Waals surface area contributed by atoms with Crippen LogP contribution < -0.4 is 4.74 Å². The highest BCUT2D eigenvalue weighted by Gasteiger charge is 2.22. The molecule has 306 valence electrons. The molecule has 2 N–H and O–H groups in total. The second kappa shape index (κ2) is 24.2. The van der Waals surface area contributed by atoms with E-state index in [1.54, 1.807) is 60.7 Å². The summed E-state index contributed by atoms with van der Waals surface area (Å²) in [5.41, 5.74) is 1.90. The first-order valence-electron chi connectivity index (χ1n) is 21.1. The number of ether oxygens (including phenoxy) is 2. The first-order valence-corrected chi connectivity index (χ1v) is 21.1. The molecule has 0 amide bonds. The van der Waals surface area contributed by atoms with Crippen molar-refractivity contribution in [3.63, 3.8) is 0 Å². The standard InChI is InChI=1S/C43H57N3O5.C5H12/c1-28(2)12-10-14-30(5)18-19-34(31(6)15-11-13-29(3)4)27-51-43(49)33-22-20-32(21-23-33)40-44-41(36-16-8-9-17-38(36)47)46-42(45-40)37-25-24-35(50-7)26-39(37)48;1-3-5-4-2/h8-9,16-17,20-26,28-31,34,47-48H,10-15,18-19,27H2,1-7H3;3-5H2,1-2H3. The fourth-order valence-electron chi connectivity index (χ4n) is 6.74. The van der Waals surface area contributed by atoms with E-state index in [2.05, 4.69) is 70.3 Å². The average molecular weight is 768 g/mol. The van der Waals surface area contributed by atoms with Gasteiger partial charge in [-0.3, -0.25) is 0 Å². The number of nitrogens with zero attached hydrogens (tertiary/aromatic N) is 3. The molecule has 8 heteroatoms. The maximum atomic E-state index is 13.3. The number of para-hydroxylation sites is 1. The quantitative estimate of drug-likeness (QED) is 0.0805. The van der Waals surface area contributed by atoms with Gasteiger partial charge in [-0.1, -0.05) is 144 Å². The van der Waals surface area contributed by atoms with Crippen LogP contribution in [-0.4, -0.2) is 44.9 Å². The van der Waals surface area contributed by atoms with Crippen molar-refractivity contribution in [3.8, 4) is 51.4 Å². The van der Waals surface area contributed by atoms with E-state index in [9.17, 15) is 15.0 Å². The van der Waals surface area contributed by atoms with Gasteiger partial charge in [-0.25, -0.2) is 19.7 Å². The van der Waals surface area contributed by atoms with Crippen molar-refractivity contribution in [2.24, 2.45) is 29.6 Å². The number of aromatic hydroxyl groups is 2. The van der Waals surface area contributed by atoms with Crippen molar-refractivity contribution in [1.29, 1.82) is 0 Å². The van der Waals surface area contributed by atoms with Gasteiger partial charge in [-0.05, 0) is 72.4 Å². The van der Waals surface area contributed by atoms with Crippen LogP contribution in [0.2, 0.25) is 0 Å². The van der Waals surface area contributed by atoms with Gasteiger partial charge in [0, 0.05) is 11.6 Å². The molecule has 4 aromatic rings. The minimum atomic E-state index is -0.347. The fraction of sp³-hybridized carbons (Fsp3) is 0.542. The normalized spacial score (nSPS) is 12.8. The number of hydrogen-bond donors (Lipinski definition) is 2. The molecule has 0 aliphatic heterocycles. The van der Waals surface area contributed by atoms with E-state index in [1.807, 2.05) is 0 Å². The third-order valence-corrected chi connectivity index (χ3v) is 10.5. The summed E-state index contributed by atoms with van der Waals surface area (Å²) >= 11 is 0. The van der Waals surface area contributed by atoms with Crippen LogP contribution >= 0.6 is 0 Å². The molecule has 8 nitrogen and oxygen atoms in total. The van der Waals surface area contributed by atoms with Crippen molar-refractivity contribution < 1.29 is 24.5 Å². The second-order valence-electron chi connectivity index (χ2n) is 16.3. The minimum absolute atomic E-state index is 0.0192. The molecule has 56 heavy (non-hydrogen) atoms. The van der Waals surface area contributed by atoms with Gasteiger partial charge in [0.2, 0.25) is 0 Å². The monoisotopic (exact) mass is 768 g/mol. The van der Waals surface area contributed by atoms with E-state index in [0.29, 0.717) is 64.1 Å². The van der Waals surface area contributed by atoms with Crippen LogP contribution in [0, 0.1) is 29.6 Å². The molecule has 0 fully saturated rings. The van der Waals surface area contributed by atoms with Crippen molar-refractivity contribution in [3.05, 3.63) is 72.3 Å². The number of aromatic nitrogens is 3. The predicted octanol–water partition coefficient (Wildman–Crippen LogP) is 13.0. The molecular weight excluding hydrogens is 699 g/mol. The van der Waals surface area contributed by atoms with Crippen molar-refractivity contribution in [2.75, 3.05) is 13.7 Å². The lowest BCUT2D eigenvalue weighted by Crippen LogP contribution is -2.21. The van der Waals surface area contributed by atoms with Gasteiger partial charge in [0.05, 0.1) is 30.4 Å². The molecule has 0 aliphatic carbocycles. The number of rotatable bonds is 21. The van der Waals surface area contributed by atoms with Crippen LogP contribution in [-0.2, 0) is 4.74 Å². The highest BCUT2D eigenvalue weighted by atomic mass is 16.5. The summed E-state index contributed by atoms with van der Waals surface area (Å²) in [6.45, 7) is 18.6. The smallest absolute Gasteiger partial charge is 0.338 e. The number of methoxy groups -OCH3 is 1. The Balaban J connectivity index is 0.00000158. The molecule has 0 spiro atoms. The summed E-state index contributed by atoms with van der Waals surface area (Å²) in [7, 11) is 1.52. The van der Waals surface area contributed by atoms with Crippen molar-refractivity contribution >= 4 is 5.97 Å². The molecule has 0 saturated carbocycles. The summed E-state index contributed by atoms with van der Waals surface area (Å²) < 4.78 is 11.2. The van der Waals surface area contributed by atoms with E-state index in [-0.39, 0.29) is 29.1 Å². The number of phenolic OH excluding ortho intramolecular Hbond substituents is 2. The van der Waals surface area contributed by atoms with Crippen LogP contribution in [0.5, 0.6) is 17.2 Å². The van der Waals surface area contributed by atoms with Gasteiger partial charge >= 0.3 is 5.97 Å². The van der Waals surface area contributed by atoms with Gasteiger partial charge in [0.15, 0.2) is 17.5 Å². The Morgan fingerprint density at radius 2 is 1.23 bits per heavy atom. The predicted molar refractivity (Wildman–Crippen MR) is 230 cm³/mol. The number of esters is 1. The third kappa shape index (κ3) is 15.2. The zero-order valence-electron chi connectivity index (χ0n) is 35.7. The number of carbonyl (C=O) groups is 1. The third-order valence-electron chi connectivity index (χ3n) is 10.5. The van der Waals surface area contributed by atoms with Crippen molar-refractivity contribution in [1.82, 2.24) is 15.0 Å². The molecule has 0 saturated heterocycles. The Hall–Kier alpha value is -4.46. The summed E-state index contributed by atoms with van der Waals surface area (Å²) in [6.07, 6.45) is 13.6. The summed E-state index contributed by atoms with van der Waals surface area (Å²) in [6, 6.07) is 18.7. The largest absolute Gasteiger partial charge is 0.507 e. The molecule has 4 rings (SSSR count). The molecule has 3 unspecified atom stereocenters. The zero-order chi connectivity index (χ0) is 41.0. The summed E-state index contributed by atoms with van der Waals surface area (Å²) in [5, 5.41) is 21.4. The van der Waals surface area contributed by atoms with Gasteiger partial charge in [0.1, 0.15) is 17.2 Å². The highest BCUT2D eigenvalue weighted by molar-refractivity contribution is 5.90. The Bertz CT molecular complexity index is 1740.